The molecule has 0 fully saturated rings. The second-order valence-corrected chi connectivity index (χ2v) is 8.16. The first-order valence-corrected chi connectivity index (χ1v) is 9.33. The Kier molecular flexibility index (Phi) is 4.89. The molecule has 1 aromatic carbocycles. The van der Waals surface area contributed by atoms with Gasteiger partial charge >= 0.3 is 0 Å². The second kappa shape index (κ2) is 6.78. The van der Waals surface area contributed by atoms with E-state index in [0.717, 1.165) is 29.9 Å². The quantitative estimate of drug-likeness (QED) is 0.730. The summed E-state index contributed by atoms with van der Waals surface area (Å²) in [6.45, 7) is 11.2. The van der Waals surface area contributed by atoms with Crippen molar-refractivity contribution in [2.45, 2.75) is 72.1 Å². The van der Waals surface area contributed by atoms with Crippen molar-refractivity contribution in [3.8, 4) is 11.5 Å². The van der Waals surface area contributed by atoms with E-state index in [1.165, 1.54) is 11.1 Å². The molecule has 0 spiro atoms. The topological polar surface area (TPSA) is 35.5 Å². The minimum absolute atomic E-state index is 0.326. The molecule has 3 atom stereocenters. The molecule has 1 aliphatic carbocycles. The van der Waals surface area contributed by atoms with Crippen molar-refractivity contribution in [3.05, 3.63) is 22.8 Å². The highest BCUT2D eigenvalue weighted by Crippen LogP contribution is 2.52. The first kappa shape index (κ1) is 17.3. The molecule has 1 aliphatic heterocycles. The Bertz CT molecular complexity index is 632. The average Bonchev–Trinajstić information content (AvgIpc) is 2.96. The lowest BCUT2D eigenvalue weighted by Gasteiger charge is -2.34. The first-order valence-electron chi connectivity index (χ1n) is 9.33. The van der Waals surface area contributed by atoms with Crippen LogP contribution < -0.4 is 9.47 Å². The van der Waals surface area contributed by atoms with Gasteiger partial charge in [0.1, 0.15) is 5.78 Å². The maximum Gasteiger partial charge on any atom is 0.231 e. The molecule has 132 valence electrons. The summed E-state index contributed by atoms with van der Waals surface area (Å²) in [7, 11) is 0. The zero-order valence-electron chi connectivity index (χ0n) is 15.6. The number of fused-ring (bicyclic) bond motifs is 3. The number of benzene rings is 1. The molecular weight excluding hydrogens is 300 g/mol. The van der Waals surface area contributed by atoms with Crippen LogP contribution in [0, 0.1) is 18.8 Å². The lowest BCUT2D eigenvalue weighted by Crippen LogP contribution is -2.21. The Morgan fingerprint density at radius 3 is 2.58 bits per heavy atom. The predicted molar refractivity (Wildman–Crippen MR) is 95.9 cm³/mol. The molecule has 3 heteroatoms. The van der Waals surface area contributed by atoms with E-state index in [4.69, 9.17) is 9.47 Å². The van der Waals surface area contributed by atoms with Crippen LogP contribution in [0.25, 0.3) is 0 Å². The van der Waals surface area contributed by atoms with E-state index in [0.29, 0.717) is 49.1 Å². The summed E-state index contributed by atoms with van der Waals surface area (Å²) in [5.41, 5.74) is 3.87. The van der Waals surface area contributed by atoms with Gasteiger partial charge in [0, 0.05) is 18.4 Å². The van der Waals surface area contributed by atoms with Crippen LogP contribution >= 0.6 is 0 Å². The number of aryl methyl sites for hydroxylation is 1. The van der Waals surface area contributed by atoms with Crippen molar-refractivity contribution in [3.63, 3.8) is 0 Å². The molecule has 1 aromatic rings. The van der Waals surface area contributed by atoms with Gasteiger partial charge in [0.05, 0.1) is 0 Å². The van der Waals surface area contributed by atoms with E-state index in [2.05, 4.69) is 40.7 Å². The van der Waals surface area contributed by atoms with Gasteiger partial charge in [-0.15, -0.1) is 0 Å². The van der Waals surface area contributed by atoms with Crippen molar-refractivity contribution in [1.29, 1.82) is 0 Å². The van der Waals surface area contributed by atoms with Gasteiger partial charge in [0.15, 0.2) is 11.5 Å². The van der Waals surface area contributed by atoms with Gasteiger partial charge in [-0.05, 0) is 54.6 Å². The lowest BCUT2D eigenvalue weighted by molar-refractivity contribution is -0.120. The fourth-order valence-corrected chi connectivity index (χ4v) is 4.45. The van der Waals surface area contributed by atoms with Crippen LogP contribution in [0.15, 0.2) is 6.07 Å². The maximum absolute atomic E-state index is 12.3. The Hall–Kier alpha value is -1.51. The van der Waals surface area contributed by atoms with E-state index in [-0.39, 0.29) is 0 Å². The van der Waals surface area contributed by atoms with Crippen LogP contribution in [0.2, 0.25) is 0 Å². The number of hydrogen-bond donors (Lipinski definition) is 0. The molecule has 0 radical (unpaired) electrons. The third kappa shape index (κ3) is 3.18. The molecule has 24 heavy (non-hydrogen) atoms. The van der Waals surface area contributed by atoms with Crippen molar-refractivity contribution < 1.29 is 14.3 Å². The fraction of sp³-hybridized carbons (Fsp3) is 0.667. The SMILES string of the molecule is Cc1cc2c(c3c1OCO3)[C@@H](C)CC[C@@H]2[C@H](C)CC(=O)CC(C)C. The van der Waals surface area contributed by atoms with Crippen molar-refractivity contribution in [2.75, 3.05) is 6.79 Å². The van der Waals surface area contributed by atoms with Crippen molar-refractivity contribution in [2.24, 2.45) is 11.8 Å². The zero-order valence-corrected chi connectivity index (χ0v) is 15.6. The summed E-state index contributed by atoms with van der Waals surface area (Å²) in [6.07, 6.45) is 3.69. The van der Waals surface area contributed by atoms with Gasteiger partial charge in [-0.25, -0.2) is 0 Å². The largest absolute Gasteiger partial charge is 0.453 e. The highest BCUT2D eigenvalue weighted by molar-refractivity contribution is 5.79. The summed E-state index contributed by atoms with van der Waals surface area (Å²) in [5, 5.41) is 0. The smallest absolute Gasteiger partial charge is 0.231 e. The Balaban J connectivity index is 1.89. The number of carbonyl (C=O) groups is 1. The maximum atomic E-state index is 12.3. The van der Waals surface area contributed by atoms with Crippen LogP contribution in [0.1, 0.15) is 81.9 Å². The number of ether oxygens (including phenoxy) is 2. The molecule has 0 bridgehead atoms. The van der Waals surface area contributed by atoms with Crippen LogP contribution in [0.4, 0.5) is 0 Å². The first-order chi connectivity index (χ1) is 11.4. The number of rotatable bonds is 5. The van der Waals surface area contributed by atoms with Gasteiger partial charge in [0.2, 0.25) is 6.79 Å². The summed E-state index contributed by atoms with van der Waals surface area (Å²) >= 11 is 0. The van der Waals surface area contributed by atoms with E-state index < -0.39 is 0 Å². The Morgan fingerprint density at radius 2 is 1.88 bits per heavy atom. The van der Waals surface area contributed by atoms with Crippen LogP contribution in [0.5, 0.6) is 11.5 Å². The molecule has 0 amide bonds. The predicted octanol–water partition coefficient (Wildman–Crippen LogP) is 5.35. The van der Waals surface area contributed by atoms with Crippen LogP contribution in [-0.2, 0) is 4.79 Å². The average molecular weight is 330 g/mol. The van der Waals surface area contributed by atoms with Gasteiger partial charge in [-0.3, -0.25) is 4.79 Å². The monoisotopic (exact) mass is 330 g/mol. The van der Waals surface area contributed by atoms with Crippen molar-refractivity contribution in [1.82, 2.24) is 0 Å². The third-order valence-electron chi connectivity index (χ3n) is 5.57. The fourth-order valence-electron chi connectivity index (χ4n) is 4.45. The number of hydrogen-bond acceptors (Lipinski definition) is 3. The summed E-state index contributed by atoms with van der Waals surface area (Å²) in [6, 6.07) is 2.28. The van der Waals surface area contributed by atoms with E-state index in [1.807, 2.05) is 0 Å². The van der Waals surface area contributed by atoms with E-state index in [1.54, 1.807) is 0 Å². The number of ketones is 1. The number of Topliss-reactive ketones (excluding diaryl/α,β-unsaturated/α-hetero) is 1. The molecular formula is C21H30O3. The molecule has 0 aromatic heterocycles. The molecule has 0 saturated carbocycles. The highest BCUT2D eigenvalue weighted by atomic mass is 16.7. The Labute approximate surface area is 145 Å². The molecule has 0 unspecified atom stereocenters. The second-order valence-electron chi connectivity index (χ2n) is 8.16. The summed E-state index contributed by atoms with van der Waals surface area (Å²) in [4.78, 5) is 12.3. The minimum atomic E-state index is 0.326. The third-order valence-corrected chi connectivity index (χ3v) is 5.57. The zero-order chi connectivity index (χ0) is 17.4. The van der Waals surface area contributed by atoms with Gasteiger partial charge in [0.25, 0.3) is 0 Å². The summed E-state index contributed by atoms with van der Waals surface area (Å²) in [5.74, 6) is 4.04. The lowest BCUT2D eigenvalue weighted by atomic mass is 9.70. The van der Waals surface area contributed by atoms with Gasteiger partial charge in [-0.2, -0.15) is 0 Å². The molecule has 1 heterocycles. The van der Waals surface area contributed by atoms with E-state index >= 15 is 0 Å². The minimum Gasteiger partial charge on any atom is -0.453 e. The molecule has 2 aliphatic rings. The molecule has 0 N–H and O–H groups in total. The summed E-state index contributed by atoms with van der Waals surface area (Å²) < 4.78 is 11.5. The highest BCUT2D eigenvalue weighted by Gasteiger charge is 2.35. The normalized spacial score (nSPS) is 23.2. The standard InChI is InChI=1S/C21H30O3/c1-12(2)8-16(22)9-14(4)17-7-6-13(3)19-18(17)10-15(5)20-21(19)24-11-23-20/h10,12-14,17H,6-9,11H2,1-5H3/t13-,14+,17+/m0/s1. The van der Waals surface area contributed by atoms with E-state index in [9.17, 15) is 4.79 Å². The van der Waals surface area contributed by atoms with Gasteiger partial charge < -0.3 is 9.47 Å². The van der Waals surface area contributed by atoms with Gasteiger partial charge in [-0.1, -0.05) is 33.8 Å². The number of carbonyl (C=O) groups excluding carboxylic acids is 1. The van der Waals surface area contributed by atoms with Crippen molar-refractivity contribution >= 4 is 5.78 Å². The van der Waals surface area contributed by atoms with Crippen LogP contribution in [0.3, 0.4) is 0 Å². The van der Waals surface area contributed by atoms with Crippen LogP contribution in [-0.4, -0.2) is 12.6 Å². The molecule has 3 rings (SSSR count). The molecule has 0 saturated heterocycles. The Morgan fingerprint density at radius 1 is 1.17 bits per heavy atom. The molecule has 3 nitrogen and oxygen atoms in total.